The first-order valence-electron chi connectivity index (χ1n) is 21.4. The number of fused-ring (bicyclic) bond motifs is 1. The fourth-order valence-electron chi connectivity index (χ4n) is 8.13. The van der Waals surface area contributed by atoms with Crippen molar-refractivity contribution < 1.29 is 69.4 Å². The number of hydrogen-bond acceptors (Lipinski definition) is 16. The zero-order valence-corrected chi connectivity index (χ0v) is 37.4. The molecule has 0 radical (unpaired) electrons. The summed E-state index contributed by atoms with van der Waals surface area (Å²) in [6, 6.07) is 6.73. The number of aliphatic carboxylic acids is 3. The molecule has 4 heterocycles. The number of carbonyl (C=O) groups is 6. The molecular formula is C40H57F3N10O12S. The highest BCUT2D eigenvalue weighted by molar-refractivity contribution is 7.81. The number of pyridine rings is 1. The lowest BCUT2D eigenvalue weighted by Gasteiger charge is -2.37. The van der Waals surface area contributed by atoms with Crippen molar-refractivity contribution in [2.75, 3.05) is 143 Å². The highest BCUT2D eigenvalue weighted by atomic mass is 32.3. The smallest absolute Gasteiger partial charge is 0.439 e. The van der Waals surface area contributed by atoms with Crippen molar-refractivity contribution in [2.45, 2.75) is 25.0 Å². The summed E-state index contributed by atoms with van der Waals surface area (Å²) in [5.74, 6) is -8.56. The van der Waals surface area contributed by atoms with Gasteiger partial charge in [0.1, 0.15) is 0 Å². The van der Waals surface area contributed by atoms with Crippen LogP contribution in [0.2, 0.25) is 0 Å². The van der Waals surface area contributed by atoms with Crippen molar-refractivity contribution in [1.82, 2.24) is 44.6 Å². The van der Waals surface area contributed by atoms with Gasteiger partial charge < -0.3 is 35.3 Å². The minimum Gasteiger partial charge on any atom is -0.480 e. The van der Waals surface area contributed by atoms with E-state index in [-0.39, 0.29) is 63.8 Å². The Kier molecular flexibility index (Phi) is 18.4. The molecule has 1 aromatic heterocycles. The van der Waals surface area contributed by atoms with Crippen molar-refractivity contribution in [1.29, 1.82) is 0 Å². The molecule has 5 rings (SSSR count). The quantitative estimate of drug-likeness (QED) is 0.129. The molecule has 22 nitrogen and oxygen atoms in total. The van der Waals surface area contributed by atoms with E-state index >= 15 is 0 Å². The van der Waals surface area contributed by atoms with E-state index in [9.17, 15) is 65.2 Å². The fourth-order valence-corrected chi connectivity index (χ4v) is 8.57. The van der Waals surface area contributed by atoms with Crippen LogP contribution in [0.15, 0.2) is 30.5 Å². The molecule has 0 spiro atoms. The highest BCUT2D eigenvalue weighted by Crippen LogP contribution is 2.33. The first-order chi connectivity index (χ1) is 31.1. The summed E-state index contributed by atoms with van der Waals surface area (Å²) in [4.78, 5) is 92.0. The zero-order valence-electron chi connectivity index (χ0n) is 36.6. The van der Waals surface area contributed by atoms with Gasteiger partial charge in [0.15, 0.2) is 6.23 Å². The maximum Gasteiger partial charge on any atom is 0.439 e. The van der Waals surface area contributed by atoms with Gasteiger partial charge in [-0.2, -0.15) is 8.42 Å². The largest absolute Gasteiger partial charge is 0.480 e. The van der Waals surface area contributed by atoms with Gasteiger partial charge in [0.25, 0.3) is 11.8 Å². The van der Waals surface area contributed by atoms with Crippen LogP contribution in [-0.2, 0) is 38.7 Å². The lowest BCUT2D eigenvalue weighted by atomic mass is 10.1. The number of amides is 3. The van der Waals surface area contributed by atoms with Crippen molar-refractivity contribution in [3.63, 3.8) is 0 Å². The van der Waals surface area contributed by atoms with Gasteiger partial charge in [-0.3, -0.25) is 58.3 Å². The summed E-state index contributed by atoms with van der Waals surface area (Å²) in [7, 11) is -3.77. The third-order valence-corrected chi connectivity index (χ3v) is 12.1. The molecule has 1 aromatic carbocycles. The van der Waals surface area contributed by atoms with Crippen molar-refractivity contribution in [3.8, 4) is 0 Å². The minimum atomic E-state index is -5.65. The second-order valence-corrected chi connectivity index (χ2v) is 17.5. The molecule has 0 saturated carbocycles. The Morgan fingerprint density at radius 2 is 1.29 bits per heavy atom. The third kappa shape index (κ3) is 16.3. The van der Waals surface area contributed by atoms with Crippen LogP contribution in [0.5, 0.6) is 0 Å². The van der Waals surface area contributed by atoms with Gasteiger partial charge in [-0.1, -0.05) is 3.89 Å². The predicted octanol–water partition coefficient (Wildman–Crippen LogP) is -1.16. The summed E-state index contributed by atoms with van der Waals surface area (Å²) >= 11 is 0. The number of nitrogens with zero attached hydrogens (tertiary/aromatic N) is 9. The Hall–Kier alpha value is -5.25. The van der Waals surface area contributed by atoms with Gasteiger partial charge in [-0.15, -0.1) is 0 Å². The number of carbonyl (C=O) groups excluding carboxylic acids is 3. The highest BCUT2D eigenvalue weighted by Gasteiger charge is 2.49. The Bertz CT molecular complexity index is 2140. The van der Waals surface area contributed by atoms with Crippen LogP contribution in [0.25, 0.3) is 10.9 Å². The lowest BCUT2D eigenvalue weighted by Crippen LogP contribution is -2.53. The van der Waals surface area contributed by atoms with E-state index in [1.54, 1.807) is 31.7 Å². The van der Waals surface area contributed by atoms with Crippen molar-refractivity contribution in [3.05, 3.63) is 36.0 Å². The lowest BCUT2D eigenvalue weighted by molar-refractivity contribution is -0.141. The number of carboxylic acids is 3. The Balaban J connectivity index is 1.10. The number of halogens is 3. The van der Waals surface area contributed by atoms with Crippen LogP contribution in [0, 0.1) is 0 Å². The number of aromatic nitrogens is 1. The van der Waals surface area contributed by atoms with Gasteiger partial charge in [-0.05, 0) is 37.2 Å². The molecule has 1 atom stereocenters. The second kappa shape index (κ2) is 23.5. The topological polar surface area (TPSA) is 257 Å². The molecule has 3 saturated heterocycles. The average molecular weight is 959 g/mol. The zero-order chi connectivity index (χ0) is 48.2. The molecule has 0 bridgehead atoms. The number of benzene rings is 1. The maximum absolute atomic E-state index is 14.0. The van der Waals surface area contributed by atoms with Gasteiger partial charge in [-0.25, -0.2) is 13.0 Å². The van der Waals surface area contributed by atoms with E-state index in [4.69, 9.17) is 0 Å². The molecular weight excluding hydrogens is 902 g/mol. The Labute approximate surface area is 379 Å². The molecule has 0 aliphatic carbocycles. The van der Waals surface area contributed by atoms with E-state index in [2.05, 4.69) is 19.4 Å². The van der Waals surface area contributed by atoms with Crippen LogP contribution in [0.3, 0.4) is 0 Å². The molecule has 2 aromatic rings. The molecule has 366 valence electrons. The third-order valence-electron chi connectivity index (χ3n) is 11.6. The van der Waals surface area contributed by atoms with Gasteiger partial charge >= 0.3 is 28.4 Å². The van der Waals surface area contributed by atoms with Crippen LogP contribution in [0.1, 0.15) is 23.2 Å². The molecule has 3 amide bonds. The molecule has 66 heavy (non-hydrogen) atoms. The number of anilines is 1. The number of carboxylic acid groups (broad SMARTS) is 3. The number of rotatable bonds is 18. The summed E-state index contributed by atoms with van der Waals surface area (Å²) in [6.07, 6.45) is -1.17. The van der Waals surface area contributed by atoms with E-state index in [0.717, 1.165) is 18.7 Å². The van der Waals surface area contributed by atoms with E-state index in [1.807, 2.05) is 22.9 Å². The van der Waals surface area contributed by atoms with Crippen LogP contribution < -0.4 is 10.2 Å². The molecule has 3 fully saturated rings. The SMILES string of the molecule is CN(CCCN1CCN(C(=O)CN2CCN(CC(=O)O)CCN(CC(=O)O)CCN(CC(=O)O)CC2)CC1)c1ccc2nccc(C(=O)NCC(=O)N3CC(F)(F)CC3OS(=O)(=O)F)c2c1. The predicted molar refractivity (Wildman–Crippen MR) is 230 cm³/mol. The average Bonchev–Trinajstić information content (AvgIpc) is 3.54. The minimum absolute atomic E-state index is 0.0619. The standard InChI is InChI=1S/C40H57F3N10O12S/c1-46(29-3-4-32-31(21-29)30(5-6-44-32)39(62)45-23-33(54)53-28-40(41,42)22-35(53)65-66(43,63)64)7-2-8-47-17-19-52(20-18-47)34(55)24-48-9-11-49(25-36(56)57)13-15-51(27-38(60)61)16-14-50(12-10-48)26-37(58)59/h3-6,21,35H,2,7-20,22-28H2,1H3,(H,45,62)(H,56,57)(H,58,59)(H,60,61). The summed E-state index contributed by atoms with van der Waals surface area (Å²) < 4.78 is 67.1. The van der Waals surface area contributed by atoms with Crippen LogP contribution in [-0.4, -0.2) is 249 Å². The van der Waals surface area contributed by atoms with Crippen LogP contribution >= 0.6 is 0 Å². The molecule has 3 aliphatic heterocycles. The van der Waals surface area contributed by atoms with Crippen molar-refractivity contribution in [2.24, 2.45) is 0 Å². The van der Waals surface area contributed by atoms with Gasteiger partial charge in [0, 0.05) is 109 Å². The van der Waals surface area contributed by atoms with Crippen molar-refractivity contribution >= 4 is 62.7 Å². The monoisotopic (exact) mass is 958 g/mol. The molecule has 1 unspecified atom stereocenters. The summed E-state index contributed by atoms with van der Waals surface area (Å²) in [5.41, 5.74) is 1.35. The Morgan fingerprint density at radius 3 is 1.80 bits per heavy atom. The fraction of sp³-hybridized carbons (Fsp3) is 0.625. The number of likely N-dealkylation sites (tertiary alicyclic amines) is 1. The van der Waals surface area contributed by atoms with Gasteiger partial charge in [0.2, 0.25) is 11.8 Å². The second-order valence-electron chi connectivity index (χ2n) is 16.6. The maximum atomic E-state index is 14.0. The molecule has 26 heteroatoms. The molecule has 4 N–H and O–H groups in total. The summed E-state index contributed by atoms with van der Waals surface area (Å²) in [6.45, 7) is 3.26. The number of piperazine rings is 1. The van der Waals surface area contributed by atoms with E-state index < -0.39 is 71.9 Å². The first kappa shape index (κ1) is 51.7. The number of hydrogen-bond donors (Lipinski definition) is 4. The Morgan fingerprint density at radius 1 is 0.773 bits per heavy atom. The van der Waals surface area contributed by atoms with E-state index in [0.29, 0.717) is 74.7 Å². The number of alkyl halides is 2. The van der Waals surface area contributed by atoms with Crippen LogP contribution in [0.4, 0.5) is 18.4 Å². The summed E-state index contributed by atoms with van der Waals surface area (Å²) in [5, 5.41) is 31.2. The van der Waals surface area contributed by atoms with Gasteiger partial charge in [0.05, 0.1) is 56.8 Å². The number of nitrogens with one attached hydrogen (secondary N) is 1. The van der Waals surface area contributed by atoms with E-state index in [1.165, 1.54) is 12.3 Å². The molecule has 3 aliphatic rings. The normalized spacial score (nSPS) is 20.1. The first-order valence-corrected chi connectivity index (χ1v) is 22.7.